The smallest absolute Gasteiger partial charge is 0.307 e. The lowest BCUT2D eigenvalue weighted by Crippen LogP contribution is -2.43. The third kappa shape index (κ3) is 4.07. The number of hydrogen-bond donors (Lipinski definition) is 0. The second kappa shape index (κ2) is 7.94. The van der Waals surface area contributed by atoms with Crippen LogP contribution in [0.1, 0.15) is 31.2 Å². The molecule has 120 valence electrons. The standard InChI is InChI=1S/C17H23NO4/c1-13-7-3-4-8-14(13)18(11-10-16(19)21-2)17(20)15-9-5-6-12-22-15/h3-4,7-8,15H,5-6,9-12H2,1-2H3/t15-/m0/s1. The predicted molar refractivity (Wildman–Crippen MR) is 83.8 cm³/mol. The topological polar surface area (TPSA) is 55.8 Å². The number of methoxy groups -OCH3 is 1. The summed E-state index contributed by atoms with van der Waals surface area (Å²) in [5.41, 5.74) is 1.82. The molecule has 1 aromatic rings. The lowest BCUT2D eigenvalue weighted by atomic mass is 10.1. The molecule has 1 atom stereocenters. The van der Waals surface area contributed by atoms with Crippen molar-refractivity contribution in [1.82, 2.24) is 0 Å². The SMILES string of the molecule is COC(=O)CCN(C(=O)[C@@H]1CCCCO1)c1ccccc1C. The number of nitrogens with zero attached hydrogens (tertiary/aromatic N) is 1. The van der Waals surface area contributed by atoms with Crippen LogP contribution in [0.15, 0.2) is 24.3 Å². The van der Waals surface area contributed by atoms with Gasteiger partial charge in [-0.1, -0.05) is 18.2 Å². The Bertz CT molecular complexity index is 523. The summed E-state index contributed by atoms with van der Waals surface area (Å²) in [5.74, 6) is -0.395. The van der Waals surface area contributed by atoms with Crippen LogP contribution in [0.3, 0.4) is 0 Å². The molecule has 1 aromatic carbocycles. The summed E-state index contributed by atoms with van der Waals surface area (Å²) in [4.78, 5) is 25.9. The molecule has 0 aliphatic carbocycles. The minimum atomic E-state index is -0.411. The first-order valence-electron chi connectivity index (χ1n) is 7.69. The maximum Gasteiger partial charge on any atom is 0.307 e. The highest BCUT2D eigenvalue weighted by atomic mass is 16.5. The van der Waals surface area contributed by atoms with Gasteiger partial charge in [0.05, 0.1) is 13.5 Å². The summed E-state index contributed by atoms with van der Waals surface area (Å²) in [6.07, 6.45) is 2.49. The third-order valence-corrected chi connectivity index (χ3v) is 3.89. The molecule has 0 saturated carbocycles. The zero-order valence-corrected chi connectivity index (χ0v) is 13.2. The van der Waals surface area contributed by atoms with Gasteiger partial charge in [0.15, 0.2) is 0 Å². The molecule has 22 heavy (non-hydrogen) atoms. The molecular formula is C17H23NO4. The molecule has 0 aromatic heterocycles. The van der Waals surface area contributed by atoms with E-state index in [0.29, 0.717) is 13.2 Å². The highest BCUT2D eigenvalue weighted by Gasteiger charge is 2.28. The van der Waals surface area contributed by atoms with Crippen LogP contribution >= 0.6 is 0 Å². The van der Waals surface area contributed by atoms with Crippen LogP contribution in [0.5, 0.6) is 0 Å². The van der Waals surface area contributed by atoms with Gasteiger partial charge in [-0.05, 0) is 37.8 Å². The van der Waals surface area contributed by atoms with Crippen molar-refractivity contribution in [1.29, 1.82) is 0 Å². The Morgan fingerprint density at radius 2 is 2.09 bits per heavy atom. The van der Waals surface area contributed by atoms with Crippen LogP contribution in [-0.4, -0.2) is 38.2 Å². The molecule has 1 saturated heterocycles. The molecule has 5 nitrogen and oxygen atoms in total. The number of carbonyl (C=O) groups is 2. The molecule has 0 spiro atoms. The Labute approximate surface area is 131 Å². The summed E-state index contributed by atoms with van der Waals surface area (Å²) >= 11 is 0. The van der Waals surface area contributed by atoms with Crippen molar-refractivity contribution >= 4 is 17.6 Å². The normalized spacial score (nSPS) is 17.8. The second-order valence-electron chi connectivity index (χ2n) is 5.46. The van der Waals surface area contributed by atoms with Crippen molar-refractivity contribution in [2.24, 2.45) is 0 Å². The van der Waals surface area contributed by atoms with Crippen LogP contribution in [-0.2, 0) is 19.1 Å². The summed E-state index contributed by atoms with van der Waals surface area (Å²) in [7, 11) is 1.35. The van der Waals surface area contributed by atoms with Crippen molar-refractivity contribution in [2.75, 3.05) is 25.2 Å². The predicted octanol–water partition coefficient (Wildman–Crippen LogP) is 2.46. The first-order valence-corrected chi connectivity index (χ1v) is 7.69. The highest BCUT2D eigenvalue weighted by molar-refractivity contribution is 5.97. The molecule has 1 fully saturated rings. The third-order valence-electron chi connectivity index (χ3n) is 3.89. The first-order chi connectivity index (χ1) is 10.6. The van der Waals surface area contributed by atoms with E-state index in [1.807, 2.05) is 31.2 Å². The monoisotopic (exact) mass is 305 g/mol. The van der Waals surface area contributed by atoms with Crippen molar-refractivity contribution in [3.8, 4) is 0 Å². The van der Waals surface area contributed by atoms with Crippen molar-refractivity contribution < 1.29 is 19.1 Å². The van der Waals surface area contributed by atoms with Crippen LogP contribution in [0.25, 0.3) is 0 Å². The van der Waals surface area contributed by atoms with E-state index in [9.17, 15) is 9.59 Å². The van der Waals surface area contributed by atoms with Gasteiger partial charge in [-0.3, -0.25) is 9.59 Å². The lowest BCUT2D eigenvalue weighted by molar-refractivity contribution is -0.140. The van der Waals surface area contributed by atoms with Gasteiger partial charge in [-0.2, -0.15) is 0 Å². The summed E-state index contributed by atoms with van der Waals surface area (Å²) < 4.78 is 10.3. The van der Waals surface area contributed by atoms with Gasteiger partial charge < -0.3 is 14.4 Å². The average molecular weight is 305 g/mol. The van der Waals surface area contributed by atoms with Gasteiger partial charge in [0.1, 0.15) is 6.10 Å². The number of benzene rings is 1. The molecule has 0 bridgehead atoms. The molecule has 1 aliphatic heterocycles. The van der Waals surface area contributed by atoms with E-state index in [2.05, 4.69) is 4.74 Å². The number of rotatable bonds is 5. The Hall–Kier alpha value is -1.88. The number of ether oxygens (including phenoxy) is 2. The quantitative estimate of drug-likeness (QED) is 0.784. The Morgan fingerprint density at radius 3 is 2.73 bits per heavy atom. The maximum atomic E-state index is 12.8. The maximum absolute atomic E-state index is 12.8. The molecule has 1 amide bonds. The summed E-state index contributed by atoms with van der Waals surface area (Å²) in [6, 6.07) is 7.67. The van der Waals surface area contributed by atoms with E-state index in [4.69, 9.17) is 4.74 Å². The molecular weight excluding hydrogens is 282 g/mol. The van der Waals surface area contributed by atoms with Gasteiger partial charge in [-0.25, -0.2) is 0 Å². The number of esters is 1. The van der Waals surface area contributed by atoms with Gasteiger partial charge in [0, 0.05) is 18.8 Å². The first kappa shape index (κ1) is 16.5. The average Bonchev–Trinajstić information content (AvgIpc) is 2.56. The van der Waals surface area contributed by atoms with E-state index in [-0.39, 0.29) is 18.3 Å². The molecule has 2 rings (SSSR count). The number of para-hydroxylation sites is 1. The molecule has 0 radical (unpaired) electrons. The van der Waals surface area contributed by atoms with Crippen molar-refractivity contribution in [2.45, 2.75) is 38.7 Å². The molecule has 1 heterocycles. The van der Waals surface area contributed by atoms with Crippen molar-refractivity contribution in [3.05, 3.63) is 29.8 Å². The number of carbonyl (C=O) groups excluding carboxylic acids is 2. The number of aryl methyl sites for hydroxylation is 1. The fourth-order valence-electron chi connectivity index (χ4n) is 2.63. The lowest BCUT2D eigenvalue weighted by Gasteiger charge is -2.30. The van der Waals surface area contributed by atoms with Gasteiger partial charge in [0.2, 0.25) is 0 Å². The fraction of sp³-hybridized carbons (Fsp3) is 0.529. The largest absolute Gasteiger partial charge is 0.469 e. The summed E-state index contributed by atoms with van der Waals surface area (Å²) in [5, 5.41) is 0. The van der Waals surface area contributed by atoms with Crippen LogP contribution in [0.2, 0.25) is 0 Å². The minimum Gasteiger partial charge on any atom is -0.469 e. The Morgan fingerprint density at radius 1 is 1.32 bits per heavy atom. The molecule has 0 N–H and O–H groups in total. The Balaban J connectivity index is 2.18. The zero-order valence-electron chi connectivity index (χ0n) is 13.2. The number of hydrogen-bond acceptors (Lipinski definition) is 4. The minimum absolute atomic E-state index is 0.0714. The molecule has 1 aliphatic rings. The van der Waals surface area contributed by atoms with Crippen LogP contribution < -0.4 is 4.90 Å². The van der Waals surface area contributed by atoms with Gasteiger partial charge >= 0.3 is 5.97 Å². The zero-order chi connectivity index (χ0) is 15.9. The summed E-state index contributed by atoms with van der Waals surface area (Å²) in [6.45, 7) is 2.88. The molecule has 5 heteroatoms. The number of amides is 1. The van der Waals surface area contributed by atoms with E-state index < -0.39 is 6.10 Å². The molecule has 0 unspecified atom stereocenters. The van der Waals surface area contributed by atoms with Gasteiger partial charge in [0.25, 0.3) is 5.91 Å². The Kier molecular flexibility index (Phi) is 5.95. The van der Waals surface area contributed by atoms with Crippen LogP contribution in [0, 0.1) is 6.92 Å². The fourth-order valence-corrected chi connectivity index (χ4v) is 2.63. The van der Waals surface area contributed by atoms with E-state index >= 15 is 0 Å². The van der Waals surface area contributed by atoms with Gasteiger partial charge in [-0.15, -0.1) is 0 Å². The second-order valence-corrected chi connectivity index (χ2v) is 5.46. The van der Waals surface area contributed by atoms with E-state index in [1.165, 1.54) is 7.11 Å². The van der Waals surface area contributed by atoms with Crippen molar-refractivity contribution in [3.63, 3.8) is 0 Å². The van der Waals surface area contributed by atoms with Crippen LogP contribution in [0.4, 0.5) is 5.69 Å². The van der Waals surface area contributed by atoms with E-state index in [1.54, 1.807) is 4.90 Å². The number of anilines is 1. The van der Waals surface area contributed by atoms with E-state index in [0.717, 1.165) is 30.5 Å². The highest BCUT2D eigenvalue weighted by Crippen LogP contribution is 2.23.